The van der Waals surface area contributed by atoms with Crippen LogP contribution in [0.3, 0.4) is 0 Å². The summed E-state index contributed by atoms with van der Waals surface area (Å²) in [4.78, 5) is 11.5. The van der Waals surface area contributed by atoms with Gasteiger partial charge in [-0.3, -0.25) is 4.72 Å². The second kappa shape index (κ2) is 9.48. The maximum atomic E-state index is 12.6. The Morgan fingerprint density at radius 2 is 1.93 bits per heavy atom. The molecule has 152 valence electrons. The second-order valence-corrected chi connectivity index (χ2v) is 7.23. The number of carbonyl (C=O) groups is 1. The van der Waals surface area contributed by atoms with Crippen molar-refractivity contribution in [2.45, 2.75) is 11.8 Å². The van der Waals surface area contributed by atoms with Crippen LogP contribution >= 0.6 is 0 Å². The van der Waals surface area contributed by atoms with Gasteiger partial charge in [-0.05, 0) is 49.4 Å². The van der Waals surface area contributed by atoms with E-state index in [4.69, 9.17) is 14.7 Å². The monoisotopic (exact) mass is 417 g/mol. The Morgan fingerprint density at radius 1 is 1.24 bits per heavy atom. The minimum absolute atomic E-state index is 0.0142. The van der Waals surface area contributed by atoms with Gasteiger partial charge in [-0.1, -0.05) is 0 Å². The van der Waals surface area contributed by atoms with Gasteiger partial charge in [0.1, 0.15) is 17.6 Å². The molecule has 0 aromatic heterocycles. The Kier molecular flexibility index (Phi) is 7.05. The minimum atomic E-state index is -3.96. The van der Waals surface area contributed by atoms with Crippen molar-refractivity contribution in [3.63, 3.8) is 0 Å². The van der Waals surface area contributed by atoms with Gasteiger partial charge in [-0.25, -0.2) is 13.2 Å². The molecule has 2 aromatic rings. The molecule has 0 saturated heterocycles. The van der Waals surface area contributed by atoms with E-state index < -0.39 is 16.0 Å². The number of esters is 1. The summed E-state index contributed by atoms with van der Waals surface area (Å²) in [5.74, 6) is -0.538. The summed E-state index contributed by atoms with van der Waals surface area (Å²) in [6.45, 7) is 1.68. The molecular weight excluding hydrogens is 398 g/mol. The first-order chi connectivity index (χ1) is 13.8. The van der Waals surface area contributed by atoms with Crippen molar-refractivity contribution in [3.05, 3.63) is 54.2 Å². The quantitative estimate of drug-likeness (QED) is 0.258. The minimum Gasteiger partial charge on any atom is -0.506 e. The fourth-order valence-electron chi connectivity index (χ4n) is 2.17. The molecule has 0 spiro atoms. The molecule has 9 nitrogen and oxygen atoms in total. The first-order valence-corrected chi connectivity index (χ1v) is 9.83. The molecular formula is C19H19N3O6S. The Hall–Kier alpha value is -3.71. The Labute approximate surface area is 168 Å². The number of nitriles is 1. The van der Waals surface area contributed by atoms with Crippen LogP contribution in [0.1, 0.15) is 6.92 Å². The molecule has 0 aliphatic carbocycles. The van der Waals surface area contributed by atoms with Gasteiger partial charge in [0, 0.05) is 11.9 Å². The van der Waals surface area contributed by atoms with E-state index in [-0.39, 0.29) is 28.5 Å². The van der Waals surface area contributed by atoms with E-state index in [1.165, 1.54) is 31.4 Å². The predicted octanol–water partition coefficient (Wildman–Crippen LogP) is 2.58. The highest BCUT2D eigenvalue weighted by Gasteiger charge is 2.17. The zero-order chi connectivity index (χ0) is 21.4. The molecule has 10 heteroatoms. The lowest BCUT2D eigenvalue weighted by molar-refractivity contribution is -0.138. The highest BCUT2D eigenvalue weighted by atomic mass is 32.2. The van der Waals surface area contributed by atoms with Crippen molar-refractivity contribution < 1.29 is 27.8 Å². The third-order valence-corrected chi connectivity index (χ3v) is 4.99. The van der Waals surface area contributed by atoms with E-state index in [1.54, 1.807) is 25.1 Å². The third-order valence-electron chi connectivity index (χ3n) is 3.61. The van der Waals surface area contributed by atoms with Gasteiger partial charge >= 0.3 is 5.97 Å². The number of benzene rings is 2. The number of sulfonamides is 1. The number of phenolic OH excluding ortho intramolecular Hbond substituents is 1. The molecule has 0 amide bonds. The van der Waals surface area contributed by atoms with E-state index in [2.05, 4.69) is 10.0 Å². The van der Waals surface area contributed by atoms with E-state index in [9.17, 15) is 18.3 Å². The smallest absolute Gasteiger partial charge is 0.350 e. The first-order valence-electron chi connectivity index (χ1n) is 8.34. The number of methoxy groups -OCH3 is 1. The van der Waals surface area contributed by atoms with Gasteiger partial charge < -0.3 is 19.9 Å². The Morgan fingerprint density at radius 3 is 2.52 bits per heavy atom. The van der Waals surface area contributed by atoms with Gasteiger partial charge in [-0.2, -0.15) is 5.26 Å². The Balaban J connectivity index is 2.26. The highest BCUT2D eigenvalue weighted by Crippen LogP contribution is 2.28. The normalized spacial score (nSPS) is 11.3. The van der Waals surface area contributed by atoms with E-state index in [0.29, 0.717) is 11.4 Å². The Bertz CT molecular complexity index is 1060. The fraction of sp³-hybridized carbons (Fsp3) is 0.158. The average Bonchev–Trinajstić information content (AvgIpc) is 2.70. The molecule has 0 atom stereocenters. The molecule has 0 aliphatic rings. The number of nitrogens with zero attached hydrogens (tertiary/aromatic N) is 1. The van der Waals surface area contributed by atoms with Crippen LogP contribution < -0.4 is 14.8 Å². The van der Waals surface area contributed by atoms with Crippen molar-refractivity contribution in [1.82, 2.24) is 0 Å². The van der Waals surface area contributed by atoms with Crippen LogP contribution in [0.25, 0.3) is 0 Å². The number of nitrogens with one attached hydrogen (secondary N) is 2. The number of aromatic hydroxyl groups is 1. The lowest BCUT2D eigenvalue weighted by Gasteiger charge is -2.11. The number of hydrogen-bond acceptors (Lipinski definition) is 8. The van der Waals surface area contributed by atoms with Gasteiger partial charge in [0.2, 0.25) is 0 Å². The van der Waals surface area contributed by atoms with Crippen molar-refractivity contribution in [2.75, 3.05) is 23.8 Å². The van der Waals surface area contributed by atoms with E-state index in [0.717, 1.165) is 12.3 Å². The maximum absolute atomic E-state index is 12.6. The number of ether oxygens (including phenoxy) is 2. The van der Waals surface area contributed by atoms with Crippen LogP contribution in [0.4, 0.5) is 11.4 Å². The summed E-state index contributed by atoms with van der Waals surface area (Å²) >= 11 is 0. The van der Waals surface area contributed by atoms with Gasteiger partial charge in [-0.15, -0.1) is 0 Å². The highest BCUT2D eigenvalue weighted by molar-refractivity contribution is 7.92. The summed E-state index contributed by atoms with van der Waals surface area (Å²) in [6, 6.07) is 11.5. The fourth-order valence-corrected chi connectivity index (χ4v) is 3.25. The number of anilines is 2. The number of rotatable bonds is 8. The summed E-state index contributed by atoms with van der Waals surface area (Å²) in [5.41, 5.74) is -0.0297. The predicted molar refractivity (Wildman–Crippen MR) is 106 cm³/mol. The van der Waals surface area contributed by atoms with Gasteiger partial charge in [0.15, 0.2) is 5.57 Å². The van der Waals surface area contributed by atoms with Crippen molar-refractivity contribution in [3.8, 4) is 17.6 Å². The zero-order valence-corrected chi connectivity index (χ0v) is 16.5. The topological polar surface area (TPSA) is 138 Å². The molecule has 3 N–H and O–H groups in total. The number of phenols is 1. The number of hydrogen-bond donors (Lipinski definition) is 3. The first kappa shape index (κ1) is 21.6. The molecule has 0 bridgehead atoms. The summed E-state index contributed by atoms with van der Waals surface area (Å²) in [5, 5.41) is 21.5. The third kappa shape index (κ3) is 5.63. The van der Waals surface area contributed by atoms with Crippen molar-refractivity contribution in [2.24, 2.45) is 0 Å². The van der Waals surface area contributed by atoms with Crippen molar-refractivity contribution >= 4 is 27.4 Å². The SMILES string of the molecule is CCOC(=O)/C(C#N)=C/Nc1cc(S(=O)(=O)Nc2ccc(OC)cc2)ccc1O. The summed E-state index contributed by atoms with van der Waals surface area (Å²) in [6.07, 6.45) is 1.03. The summed E-state index contributed by atoms with van der Waals surface area (Å²) < 4.78 is 37.4. The van der Waals surface area contributed by atoms with Crippen LogP contribution in [0.5, 0.6) is 11.5 Å². The van der Waals surface area contributed by atoms with Crippen LogP contribution in [0.2, 0.25) is 0 Å². The molecule has 0 unspecified atom stereocenters. The van der Waals surface area contributed by atoms with Gasteiger partial charge in [0.25, 0.3) is 10.0 Å². The lowest BCUT2D eigenvalue weighted by atomic mass is 10.2. The van der Waals surface area contributed by atoms with Crippen LogP contribution in [-0.2, 0) is 19.6 Å². The number of carbonyl (C=O) groups excluding carboxylic acids is 1. The molecule has 0 fully saturated rings. The van der Waals surface area contributed by atoms with E-state index in [1.807, 2.05) is 0 Å². The van der Waals surface area contributed by atoms with Crippen molar-refractivity contribution in [1.29, 1.82) is 5.26 Å². The molecule has 0 radical (unpaired) electrons. The largest absolute Gasteiger partial charge is 0.506 e. The van der Waals surface area contributed by atoms with Gasteiger partial charge in [0.05, 0.1) is 24.3 Å². The molecule has 2 rings (SSSR count). The standard InChI is InChI=1S/C19H19N3O6S/c1-3-28-19(24)13(11-20)12-21-17-10-16(8-9-18(17)23)29(25,26)22-14-4-6-15(27-2)7-5-14/h4-10,12,21-23H,3H2,1-2H3/b13-12+. The molecule has 0 heterocycles. The molecule has 0 saturated carbocycles. The van der Waals surface area contributed by atoms with E-state index >= 15 is 0 Å². The summed E-state index contributed by atoms with van der Waals surface area (Å²) in [7, 11) is -2.46. The molecule has 29 heavy (non-hydrogen) atoms. The van der Waals surface area contributed by atoms with Crippen LogP contribution in [-0.4, -0.2) is 33.2 Å². The van der Waals surface area contributed by atoms with Crippen LogP contribution in [0, 0.1) is 11.3 Å². The molecule has 0 aliphatic heterocycles. The molecule has 2 aromatic carbocycles. The zero-order valence-electron chi connectivity index (χ0n) is 15.7. The average molecular weight is 417 g/mol. The lowest BCUT2D eigenvalue weighted by Crippen LogP contribution is -2.13. The second-order valence-electron chi connectivity index (χ2n) is 5.55. The van der Waals surface area contributed by atoms with Crippen LogP contribution in [0.15, 0.2) is 59.1 Å². The maximum Gasteiger partial charge on any atom is 0.350 e.